The number of aryl methyl sites for hydroxylation is 1. The van der Waals surface area contributed by atoms with E-state index in [0.29, 0.717) is 0 Å². The van der Waals surface area contributed by atoms with E-state index in [-0.39, 0.29) is 12.1 Å². The second-order valence-electron chi connectivity index (χ2n) is 4.58. The Hall–Kier alpha value is -1.88. The van der Waals surface area contributed by atoms with Crippen molar-refractivity contribution in [2.75, 3.05) is 5.32 Å². The van der Waals surface area contributed by atoms with E-state index < -0.39 is 0 Å². The molecule has 0 unspecified atom stereocenters. The van der Waals surface area contributed by atoms with E-state index in [9.17, 15) is 4.79 Å². The maximum Gasteiger partial charge on any atom is 0.319 e. The normalized spacial score (nSPS) is 11.8. The fourth-order valence-corrected chi connectivity index (χ4v) is 2.40. The van der Waals surface area contributed by atoms with Gasteiger partial charge in [-0.3, -0.25) is 4.98 Å². The molecule has 2 rings (SSSR count). The van der Waals surface area contributed by atoms with Gasteiger partial charge in [-0.25, -0.2) is 4.79 Å². The highest BCUT2D eigenvalue weighted by atomic mass is 79.9. The monoisotopic (exact) mass is 333 g/mol. The van der Waals surface area contributed by atoms with Crippen LogP contribution in [0, 0.1) is 6.92 Å². The highest BCUT2D eigenvalue weighted by Crippen LogP contribution is 2.23. The molecule has 20 heavy (non-hydrogen) atoms. The standard InChI is InChI=1S/C15H16BrN3O/c1-10-3-4-14(13(16)9-10)19-15(20)18-11(2)12-5-7-17-8-6-12/h3-9,11H,1-2H3,(H2,18,19,20)/t11-/m0/s1. The molecule has 0 radical (unpaired) electrons. The van der Waals surface area contributed by atoms with Crippen LogP contribution < -0.4 is 10.6 Å². The van der Waals surface area contributed by atoms with Gasteiger partial charge in [0, 0.05) is 16.9 Å². The Labute approximate surface area is 126 Å². The van der Waals surface area contributed by atoms with Crippen LogP contribution in [0.25, 0.3) is 0 Å². The van der Waals surface area contributed by atoms with Crippen LogP contribution in [-0.2, 0) is 0 Å². The van der Waals surface area contributed by atoms with Crippen LogP contribution in [0.5, 0.6) is 0 Å². The molecule has 2 aromatic rings. The number of amides is 2. The predicted molar refractivity (Wildman–Crippen MR) is 83.7 cm³/mol. The first-order chi connectivity index (χ1) is 9.56. The molecule has 1 atom stereocenters. The van der Waals surface area contributed by atoms with E-state index in [2.05, 4.69) is 31.5 Å². The molecule has 0 spiro atoms. The van der Waals surface area contributed by atoms with E-state index in [4.69, 9.17) is 0 Å². The molecule has 0 aliphatic heterocycles. The van der Waals surface area contributed by atoms with Gasteiger partial charge in [0.2, 0.25) is 0 Å². The van der Waals surface area contributed by atoms with E-state index in [1.54, 1.807) is 12.4 Å². The van der Waals surface area contributed by atoms with Crippen LogP contribution in [0.4, 0.5) is 10.5 Å². The van der Waals surface area contributed by atoms with E-state index in [0.717, 1.165) is 21.3 Å². The molecule has 1 aromatic carbocycles. The van der Waals surface area contributed by atoms with Gasteiger partial charge in [0.05, 0.1) is 11.7 Å². The van der Waals surface area contributed by atoms with Crippen molar-refractivity contribution in [1.82, 2.24) is 10.3 Å². The number of rotatable bonds is 3. The van der Waals surface area contributed by atoms with Gasteiger partial charge in [0.15, 0.2) is 0 Å². The molecule has 0 bridgehead atoms. The highest BCUT2D eigenvalue weighted by Gasteiger charge is 2.10. The second-order valence-corrected chi connectivity index (χ2v) is 5.44. The lowest BCUT2D eigenvalue weighted by atomic mass is 10.1. The van der Waals surface area contributed by atoms with Crippen molar-refractivity contribution in [1.29, 1.82) is 0 Å². The van der Waals surface area contributed by atoms with Crippen molar-refractivity contribution in [2.45, 2.75) is 19.9 Å². The SMILES string of the molecule is Cc1ccc(NC(=O)N[C@@H](C)c2ccncc2)c(Br)c1. The number of aromatic nitrogens is 1. The molecule has 5 heteroatoms. The number of carbonyl (C=O) groups excluding carboxylic acids is 1. The molecule has 0 aliphatic rings. The fourth-order valence-electron chi connectivity index (χ4n) is 1.81. The number of hydrogen-bond acceptors (Lipinski definition) is 2. The van der Waals surface area contributed by atoms with Gasteiger partial charge in [-0.2, -0.15) is 0 Å². The first-order valence-electron chi connectivity index (χ1n) is 6.30. The molecule has 0 saturated carbocycles. The summed E-state index contributed by atoms with van der Waals surface area (Å²) in [5.41, 5.74) is 2.89. The average molecular weight is 334 g/mol. The molecule has 0 aliphatic carbocycles. The molecule has 0 fully saturated rings. The van der Waals surface area contributed by atoms with Crippen molar-refractivity contribution in [3.8, 4) is 0 Å². The van der Waals surface area contributed by atoms with Crippen molar-refractivity contribution >= 4 is 27.6 Å². The molecular formula is C15H16BrN3O. The summed E-state index contributed by atoms with van der Waals surface area (Å²) in [7, 11) is 0. The minimum absolute atomic E-state index is 0.0813. The molecule has 2 amide bonds. The molecular weight excluding hydrogens is 318 g/mol. The Kier molecular flexibility index (Phi) is 4.74. The van der Waals surface area contributed by atoms with Crippen molar-refractivity contribution < 1.29 is 4.79 Å². The van der Waals surface area contributed by atoms with Gasteiger partial charge in [0.1, 0.15) is 0 Å². The molecule has 104 valence electrons. The lowest BCUT2D eigenvalue weighted by Gasteiger charge is -2.15. The first-order valence-corrected chi connectivity index (χ1v) is 7.09. The zero-order chi connectivity index (χ0) is 14.5. The van der Waals surface area contributed by atoms with E-state index >= 15 is 0 Å². The third-order valence-corrected chi connectivity index (χ3v) is 3.58. The largest absolute Gasteiger partial charge is 0.331 e. The number of pyridine rings is 1. The van der Waals surface area contributed by atoms with Crippen molar-refractivity contribution in [3.63, 3.8) is 0 Å². The molecule has 1 aromatic heterocycles. The average Bonchev–Trinajstić information content (AvgIpc) is 2.43. The Balaban J connectivity index is 1.99. The Morgan fingerprint density at radius 3 is 2.60 bits per heavy atom. The van der Waals surface area contributed by atoms with E-state index in [1.165, 1.54) is 0 Å². The maximum atomic E-state index is 12.0. The number of anilines is 1. The van der Waals surface area contributed by atoms with Crippen molar-refractivity contribution in [3.05, 3.63) is 58.3 Å². The van der Waals surface area contributed by atoms with Crippen LogP contribution in [-0.4, -0.2) is 11.0 Å². The van der Waals surface area contributed by atoms with Gasteiger partial charge < -0.3 is 10.6 Å². The molecule has 1 heterocycles. The number of nitrogens with zero attached hydrogens (tertiary/aromatic N) is 1. The Morgan fingerprint density at radius 2 is 1.95 bits per heavy atom. The highest BCUT2D eigenvalue weighted by molar-refractivity contribution is 9.10. The summed E-state index contributed by atoms with van der Waals surface area (Å²) < 4.78 is 0.865. The summed E-state index contributed by atoms with van der Waals surface area (Å²) in [6.07, 6.45) is 3.42. The summed E-state index contributed by atoms with van der Waals surface area (Å²) >= 11 is 3.44. The molecule has 0 saturated heterocycles. The van der Waals surface area contributed by atoms with Crippen LogP contribution in [0.3, 0.4) is 0 Å². The third-order valence-electron chi connectivity index (χ3n) is 2.93. The number of nitrogens with one attached hydrogen (secondary N) is 2. The summed E-state index contributed by atoms with van der Waals surface area (Å²) in [5, 5.41) is 5.71. The maximum absolute atomic E-state index is 12.0. The van der Waals surface area contributed by atoms with Gasteiger partial charge in [-0.1, -0.05) is 6.07 Å². The summed E-state index contributed by atoms with van der Waals surface area (Å²) in [6, 6.07) is 9.23. The summed E-state index contributed by atoms with van der Waals surface area (Å²) in [6.45, 7) is 3.93. The van der Waals surface area contributed by atoms with E-state index in [1.807, 2.05) is 44.2 Å². The van der Waals surface area contributed by atoms with Crippen LogP contribution in [0.2, 0.25) is 0 Å². The Bertz CT molecular complexity index is 601. The number of benzene rings is 1. The minimum Gasteiger partial charge on any atom is -0.331 e. The van der Waals surface area contributed by atoms with Crippen LogP contribution >= 0.6 is 15.9 Å². The quantitative estimate of drug-likeness (QED) is 0.890. The Morgan fingerprint density at radius 1 is 1.25 bits per heavy atom. The lowest BCUT2D eigenvalue weighted by Crippen LogP contribution is -2.31. The summed E-state index contributed by atoms with van der Waals surface area (Å²) in [4.78, 5) is 15.9. The van der Waals surface area contributed by atoms with Gasteiger partial charge >= 0.3 is 6.03 Å². The smallest absolute Gasteiger partial charge is 0.319 e. The van der Waals surface area contributed by atoms with Crippen LogP contribution in [0.1, 0.15) is 24.1 Å². The molecule has 4 nitrogen and oxygen atoms in total. The number of hydrogen-bond donors (Lipinski definition) is 2. The zero-order valence-corrected chi connectivity index (χ0v) is 12.9. The van der Waals surface area contributed by atoms with Crippen LogP contribution in [0.15, 0.2) is 47.2 Å². The second kappa shape index (κ2) is 6.52. The number of urea groups is 1. The first kappa shape index (κ1) is 14.5. The fraction of sp³-hybridized carbons (Fsp3) is 0.200. The number of carbonyl (C=O) groups is 1. The molecule has 2 N–H and O–H groups in total. The minimum atomic E-state index is -0.237. The third kappa shape index (κ3) is 3.81. The van der Waals surface area contributed by atoms with Crippen molar-refractivity contribution in [2.24, 2.45) is 0 Å². The topological polar surface area (TPSA) is 54.0 Å². The van der Waals surface area contributed by atoms with Gasteiger partial charge in [0.25, 0.3) is 0 Å². The zero-order valence-electron chi connectivity index (χ0n) is 11.4. The lowest BCUT2D eigenvalue weighted by molar-refractivity contribution is 0.249. The summed E-state index contributed by atoms with van der Waals surface area (Å²) in [5.74, 6) is 0. The van der Waals surface area contributed by atoms with Gasteiger partial charge in [-0.15, -0.1) is 0 Å². The predicted octanol–water partition coefficient (Wildman–Crippen LogP) is 4.04. The number of halogens is 1. The van der Waals surface area contributed by atoms with Gasteiger partial charge in [-0.05, 0) is 65.2 Å².